The number of amides is 2. The van der Waals surface area contributed by atoms with Gasteiger partial charge >= 0.3 is 0 Å². The lowest BCUT2D eigenvalue weighted by Gasteiger charge is -2.12. The maximum atomic E-state index is 12.8. The highest BCUT2D eigenvalue weighted by Crippen LogP contribution is 2.27. The summed E-state index contributed by atoms with van der Waals surface area (Å²) >= 11 is 0. The van der Waals surface area contributed by atoms with Crippen LogP contribution in [0.2, 0.25) is 0 Å². The summed E-state index contributed by atoms with van der Waals surface area (Å²) < 4.78 is 0. The fourth-order valence-corrected chi connectivity index (χ4v) is 3.11. The molecular formula is C22H23N3O2. The lowest BCUT2D eigenvalue weighted by Crippen LogP contribution is -2.33. The molecule has 1 heterocycles. The average molecular weight is 361 g/mol. The van der Waals surface area contributed by atoms with E-state index in [9.17, 15) is 9.59 Å². The number of aryl methyl sites for hydroxylation is 2. The molecule has 0 bridgehead atoms. The van der Waals surface area contributed by atoms with Crippen LogP contribution in [0.4, 0.5) is 0 Å². The number of aromatic nitrogens is 1. The van der Waals surface area contributed by atoms with E-state index in [0.29, 0.717) is 18.7 Å². The molecule has 5 nitrogen and oxygen atoms in total. The molecule has 0 aliphatic rings. The SMILES string of the molecule is CC(=O)NCCNC(=O)c1cc(-c2ccc(C)cc2C)nc2ccccc12. The van der Waals surface area contributed by atoms with Gasteiger partial charge in [-0.25, -0.2) is 4.98 Å². The van der Waals surface area contributed by atoms with Crippen LogP contribution < -0.4 is 10.6 Å². The summed E-state index contributed by atoms with van der Waals surface area (Å²) in [4.78, 5) is 28.5. The summed E-state index contributed by atoms with van der Waals surface area (Å²) in [6, 6.07) is 15.7. The Morgan fingerprint density at radius 2 is 1.70 bits per heavy atom. The number of rotatable bonds is 5. The fraction of sp³-hybridized carbons (Fsp3) is 0.227. The first-order chi connectivity index (χ1) is 13.0. The van der Waals surface area contributed by atoms with Gasteiger partial charge < -0.3 is 10.6 Å². The molecule has 0 saturated carbocycles. The normalized spacial score (nSPS) is 10.6. The Bertz CT molecular complexity index is 1010. The van der Waals surface area contributed by atoms with Gasteiger partial charge in [0.1, 0.15) is 0 Å². The second kappa shape index (κ2) is 7.99. The van der Waals surface area contributed by atoms with Gasteiger partial charge in [0, 0.05) is 31.0 Å². The van der Waals surface area contributed by atoms with Gasteiger partial charge in [-0.15, -0.1) is 0 Å². The molecule has 2 N–H and O–H groups in total. The number of para-hydroxylation sites is 1. The summed E-state index contributed by atoms with van der Waals surface area (Å²) in [6.07, 6.45) is 0. The molecule has 5 heteroatoms. The Kier molecular flexibility index (Phi) is 5.50. The van der Waals surface area contributed by atoms with Crippen LogP contribution in [0, 0.1) is 13.8 Å². The van der Waals surface area contributed by atoms with Crippen molar-refractivity contribution in [3.63, 3.8) is 0 Å². The summed E-state index contributed by atoms with van der Waals surface area (Å²) in [5.41, 5.74) is 5.46. The first-order valence-corrected chi connectivity index (χ1v) is 8.96. The van der Waals surface area contributed by atoms with E-state index >= 15 is 0 Å². The number of fused-ring (bicyclic) bond motifs is 1. The number of benzene rings is 2. The maximum absolute atomic E-state index is 12.8. The molecule has 0 aliphatic carbocycles. The predicted molar refractivity (Wildman–Crippen MR) is 108 cm³/mol. The van der Waals surface area contributed by atoms with E-state index in [0.717, 1.165) is 27.7 Å². The smallest absolute Gasteiger partial charge is 0.252 e. The molecule has 0 saturated heterocycles. The molecule has 2 aromatic carbocycles. The van der Waals surface area contributed by atoms with Gasteiger partial charge in [-0.05, 0) is 31.5 Å². The number of nitrogens with one attached hydrogen (secondary N) is 2. The number of carbonyl (C=O) groups is 2. The number of pyridine rings is 1. The number of hydrogen-bond donors (Lipinski definition) is 2. The molecule has 2 amide bonds. The van der Waals surface area contributed by atoms with E-state index in [1.165, 1.54) is 12.5 Å². The van der Waals surface area contributed by atoms with Crippen LogP contribution in [-0.2, 0) is 4.79 Å². The van der Waals surface area contributed by atoms with E-state index in [1.807, 2.05) is 49.4 Å². The molecule has 0 aliphatic heterocycles. The molecule has 27 heavy (non-hydrogen) atoms. The second-order valence-corrected chi connectivity index (χ2v) is 6.63. The minimum Gasteiger partial charge on any atom is -0.355 e. The van der Waals surface area contributed by atoms with Crippen molar-refractivity contribution in [3.8, 4) is 11.3 Å². The highest BCUT2D eigenvalue weighted by molar-refractivity contribution is 6.07. The van der Waals surface area contributed by atoms with Crippen LogP contribution >= 0.6 is 0 Å². The van der Waals surface area contributed by atoms with E-state index < -0.39 is 0 Å². The number of hydrogen-bond acceptors (Lipinski definition) is 3. The van der Waals surface area contributed by atoms with Gasteiger partial charge in [0.05, 0.1) is 16.8 Å². The number of nitrogens with zero attached hydrogens (tertiary/aromatic N) is 1. The molecule has 3 aromatic rings. The lowest BCUT2D eigenvalue weighted by molar-refractivity contribution is -0.118. The summed E-state index contributed by atoms with van der Waals surface area (Å²) in [6.45, 7) is 6.32. The van der Waals surface area contributed by atoms with Crippen LogP contribution in [-0.4, -0.2) is 29.9 Å². The topological polar surface area (TPSA) is 71.1 Å². The minimum atomic E-state index is -0.176. The summed E-state index contributed by atoms with van der Waals surface area (Å²) in [5, 5.41) is 6.35. The molecule has 1 aromatic heterocycles. The second-order valence-electron chi connectivity index (χ2n) is 6.63. The van der Waals surface area contributed by atoms with Crippen molar-refractivity contribution >= 4 is 22.7 Å². The third kappa shape index (κ3) is 4.31. The zero-order chi connectivity index (χ0) is 19.4. The van der Waals surface area contributed by atoms with Crippen LogP contribution in [0.25, 0.3) is 22.2 Å². The maximum Gasteiger partial charge on any atom is 0.252 e. The van der Waals surface area contributed by atoms with Crippen molar-refractivity contribution in [2.24, 2.45) is 0 Å². The van der Waals surface area contributed by atoms with E-state index in [-0.39, 0.29) is 11.8 Å². The Morgan fingerprint density at radius 3 is 2.44 bits per heavy atom. The molecule has 3 rings (SSSR count). The standard InChI is InChI=1S/C22H23N3O2/c1-14-8-9-17(15(2)12-14)21-13-19(18-6-4-5-7-20(18)25-21)22(27)24-11-10-23-16(3)26/h4-9,12-13H,10-11H2,1-3H3,(H,23,26)(H,24,27). The van der Waals surface area contributed by atoms with Crippen LogP contribution in [0.1, 0.15) is 28.4 Å². The van der Waals surface area contributed by atoms with Crippen molar-refractivity contribution in [1.82, 2.24) is 15.6 Å². The van der Waals surface area contributed by atoms with Crippen molar-refractivity contribution < 1.29 is 9.59 Å². The van der Waals surface area contributed by atoms with Gasteiger partial charge in [0.2, 0.25) is 5.91 Å². The van der Waals surface area contributed by atoms with E-state index in [1.54, 1.807) is 0 Å². The zero-order valence-corrected chi connectivity index (χ0v) is 15.8. The first kappa shape index (κ1) is 18.6. The first-order valence-electron chi connectivity index (χ1n) is 8.96. The molecule has 0 radical (unpaired) electrons. The van der Waals surface area contributed by atoms with Crippen LogP contribution in [0.15, 0.2) is 48.5 Å². The Hall–Kier alpha value is -3.21. The van der Waals surface area contributed by atoms with Gasteiger partial charge in [-0.3, -0.25) is 9.59 Å². The van der Waals surface area contributed by atoms with Crippen molar-refractivity contribution in [2.45, 2.75) is 20.8 Å². The molecule has 138 valence electrons. The minimum absolute atomic E-state index is 0.115. The lowest BCUT2D eigenvalue weighted by atomic mass is 9.99. The van der Waals surface area contributed by atoms with Crippen molar-refractivity contribution in [3.05, 3.63) is 65.2 Å². The number of carbonyl (C=O) groups excluding carboxylic acids is 2. The van der Waals surface area contributed by atoms with Gasteiger partial charge in [0.15, 0.2) is 0 Å². The third-order valence-electron chi connectivity index (χ3n) is 4.40. The fourth-order valence-electron chi connectivity index (χ4n) is 3.11. The Labute approximate surface area is 158 Å². The highest BCUT2D eigenvalue weighted by atomic mass is 16.2. The zero-order valence-electron chi connectivity index (χ0n) is 15.8. The monoisotopic (exact) mass is 361 g/mol. The molecule has 0 spiro atoms. The van der Waals surface area contributed by atoms with Crippen LogP contribution in [0.3, 0.4) is 0 Å². The average Bonchev–Trinajstić information content (AvgIpc) is 2.64. The Balaban J connectivity index is 1.98. The van der Waals surface area contributed by atoms with Crippen molar-refractivity contribution in [1.29, 1.82) is 0 Å². The largest absolute Gasteiger partial charge is 0.355 e. The molecule has 0 atom stereocenters. The van der Waals surface area contributed by atoms with Gasteiger partial charge in [-0.1, -0.05) is 42.0 Å². The molecular weight excluding hydrogens is 338 g/mol. The molecule has 0 fully saturated rings. The predicted octanol–water partition coefficient (Wildman–Crippen LogP) is 3.38. The van der Waals surface area contributed by atoms with Gasteiger partial charge in [-0.2, -0.15) is 0 Å². The highest BCUT2D eigenvalue weighted by Gasteiger charge is 2.14. The Morgan fingerprint density at radius 1 is 0.963 bits per heavy atom. The van der Waals surface area contributed by atoms with Crippen molar-refractivity contribution in [2.75, 3.05) is 13.1 Å². The quantitative estimate of drug-likeness (QED) is 0.685. The van der Waals surface area contributed by atoms with E-state index in [2.05, 4.69) is 23.6 Å². The summed E-state index contributed by atoms with van der Waals surface area (Å²) in [7, 11) is 0. The summed E-state index contributed by atoms with van der Waals surface area (Å²) in [5.74, 6) is -0.291. The van der Waals surface area contributed by atoms with E-state index in [4.69, 9.17) is 4.98 Å². The van der Waals surface area contributed by atoms with Crippen LogP contribution in [0.5, 0.6) is 0 Å². The third-order valence-corrected chi connectivity index (χ3v) is 4.40. The van der Waals surface area contributed by atoms with Gasteiger partial charge in [0.25, 0.3) is 5.91 Å². The molecule has 0 unspecified atom stereocenters.